The summed E-state index contributed by atoms with van der Waals surface area (Å²) in [4.78, 5) is 10.6. The van der Waals surface area contributed by atoms with Crippen molar-refractivity contribution in [2.45, 2.75) is 33.4 Å². The number of rotatable bonds is 4. The number of hydrogen-bond acceptors (Lipinski definition) is 4. The monoisotopic (exact) mass is 309 g/mol. The predicted octanol–water partition coefficient (Wildman–Crippen LogP) is 3.16. The summed E-state index contributed by atoms with van der Waals surface area (Å²) in [7, 11) is 0. The molecule has 0 radical (unpaired) electrons. The molecule has 21 heavy (non-hydrogen) atoms. The van der Waals surface area contributed by atoms with Gasteiger partial charge in [0.15, 0.2) is 0 Å². The lowest BCUT2D eigenvalue weighted by atomic mass is 10.1. The zero-order valence-electron chi connectivity index (χ0n) is 12.0. The highest BCUT2D eigenvalue weighted by Gasteiger charge is 2.19. The number of halogens is 1. The highest BCUT2D eigenvalue weighted by Crippen LogP contribution is 2.26. The van der Waals surface area contributed by atoms with Gasteiger partial charge in [0, 0.05) is 22.3 Å². The Kier molecular flexibility index (Phi) is 4.29. The SMILES string of the molecule is Cc1nn(Cc2cc(Cl)ccc2[N+](=O)[O-])c(C)c1C(C)O. The summed E-state index contributed by atoms with van der Waals surface area (Å²) in [6.45, 7) is 5.54. The number of aliphatic hydroxyl groups is 1. The zero-order valence-corrected chi connectivity index (χ0v) is 12.8. The third-order valence-electron chi connectivity index (χ3n) is 3.41. The van der Waals surface area contributed by atoms with Crippen molar-refractivity contribution in [3.05, 3.63) is 55.9 Å². The van der Waals surface area contributed by atoms with E-state index >= 15 is 0 Å². The first-order chi connectivity index (χ1) is 9.81. The number of nitrogens with zero attached hydrogens (tertiary/aromatic N) is 3. The van der Waals surface area contributed by atoms with E-state index in [9.17, 15) is 15.2 Å². The summed E-state index contributed by atoms with van der Waals surface area (Å²) in [5.41, 5.74) is 2.74. The minimum atomic E-state index is -0.631. The molecule has 0 aliphatic heterocycles. The number of benzene rings is 1. The molecule has 1 aromatic carbocycles. The van der Waals surface area contributed by atoms with E-state index in [-0.39, 0.29) is 12.2 Å². The van der Waals surface area contributed by atoms with Crippen LogP contribution in [0.5, 0.6) is 0 Å². The van der Waals surface area contributed by atoms with Crippen LogP contribution in [-0.4, -0.2) is 19.8 Å². The molecule has 0 spiro atoms. The van der Waals surface area contributed by atoms with Crippen molar-refractivity contribution in [2.24, 2.45) is 0 Å². The number of aliphatic hydroxyl groups excluding tert-OH is 1. The molecule has 2 rings (SSSR count). The van der Waals surface area contributed by atoms with Gasteiger partial charge in [-0.1, -0.05) is 11.6 Å². The van der Waals surface area contributed by atoms with Crippen LogP contribution in [-0.2, 0) is 6.54 Å². The van der Waals surface area contributed by atoms with Gasteiger partial charge in [0.1, 0.15) is 0 Å². The molecule has 1 N–H and O–H groups in total. The van der Waals surface area contributed by atoms with E-state index in [1.807, 2.05) is 6.92 Å². The minimum absolute atomic E-state index is 0.00514. The fraction of sp³-hybridized carbons (Fsp3) is 0.357. The van der Waals surface area contributed by atoms with E-state index in [0.29, 0.717) is 16.3 Å². The summed E-state index contributed by atoms with van der Waals surface area (Å²) in [5.74, 6) is 0. The van der Waals surface area contributed by atoms with Gasteiger partial charge in [-0.25, -0.2) is 0 Å². The van der Waals surface area contributed by atoms with Crippen LogP contribution in [0.2, 0.25) is 5.02 Å². The lowest BCUT2D eigenvalue weighted by molar-refractivity contribution is -0.385. The van der Waals surface area contributed by atoms with E-state index in [2.05, 4.69) is 5.10 Å². The predicted molar refractivity (Wildman–Crippen MR) is 79.5 cm³/mol. The Bertz CT molecular complexity index is 695. The summed E-state index contributed by atoms with van der Waals surface area (Å²) in [6.07, 6.45) is -0.631. The zero-order chi connectivity index (χ0) is 15.7. The molecule has 0 bridgehead atoms. The average Bonchev–Trinajstić information content (AvgIpc) is 2.64. The second-order valence-electron chi connectivity index (χ2n) is 4.95. The molecule has 1 heterocycles. The van der Waals surface area contributed by atoms with E-state index in [4.69, 9.17) is 11.6 Å². The van der Waals surface area contributed by atoms with Gasteiger partial charge >= 0.3 is 0 Å². The second-order valence-corrected chi connectivity index (χ2v) is 5.38. The quantitative estimate of drug-likeness (QED) is 0.694. The van der Waals surface area contributed by atoms with Crippen LogP contribution in [0.4, 0.5) is 5.69 Å². The Morgan fingerprint density at radius 1 is 1.48 bits per heavy atom. The lowest BCUT2D eigenvalue weighted by Gasteiger charge is -2.08. The molecule has 0 aliphatic carbocycles. The molecular formula is C14H16ClN3O3. The summed E-state index contributed by atoms with van der Waals surface area (Å²) in [6, 6.07) is 4.45. The maximum absolute atomic E-state index is 11.1. The first-order valence-electron chi connectivity index (χ1n) is 6.46. The van der Waals surface area contributed by atoms with E-state index in [0.717, 1.165) is 11.3 Å². The van der Waals surface area contributed by atoms with Crippen molar-refractivity contribution in [1.29, 1.82) is 0 Å². The van der Waals surface area contributed by atoms with Crippen LogP contribution in [0.3, 0.4) is 0 Å². The van der Waals surface area contributed by atoms with Crippen molar-refractivity contribution in [2.75, 3.05) is 0 Å². The summed E-state index contributed by atoms with van der Waals surface area (Å²) < 4.78 is 1.65. The van der Waals surface area contributed by atoms with Crippen molar-refractivity contribution in [3.8, 4) is 0 Å². The first kappa shape index (κ1) is 15.5. The first-order valence-corrected chi connectivity index (χ1v) is 6.83. The molecule has 112 valence electrons. The topological polar surface area (TPSA) is 81.2 Å². The van der Waals surface area contributed by atoms with Crippen LogP contribution in [0.15, 0.2) is 18.2 Å². The van der Waals surface area contributed by atoms with Gasteiger partial charge in [0.25, 0.3) is 5.69 Å². The summed E-state index contributed by atoms with van der Waals surface area (Å²) in [5, 5.41) is 25.6. The van der Waals surface area contributed by atoms with Crippen molar-refractivity contribution in [1.82, 2.24) is 9.78 Å². The highest BCUT2D eigenvalue weighted by atomic mass is 35.5. The number of hydrogen-bond donors (Lipinski definition) is 1. The maximum Gasteiger partial charge on any atom is 0.274 e. The smallest absolute Gasteiger partial charge is 0.274 e. The number of nitro benzene ring substituents is 1. The van der Waals surface area contributed by atoms with Crippen LogP contribution >= 0.6 is 11.6 Å². The molecule has 1 atom stereocenters. The molecule has 0 aliphatic rings. The van der Waals surface area contributed by atoms with E-state index in [1.165, 1.54) is 12.1 Å². The minimum Gasteiger partial charge on any atom is -0.389 e. The molecule has 6 nitrogen and oxygen atoms in total. The fourth-order valence-corrected chi connectivity index (χ4v) is 2.68. The van der Waals surface area contributed by atoms with Crippen molar-refractivity contribution in [3.63, 3.8) is 0 Å². The van der Waals surface area contributed by atoms with Gasteiger partial charge in [0.2, 0.25) is 0 Å². The molecule has 2 aromatic rings. The van der Waals surface area contributed by atoms with E-state index < -0.39 is 11.0 Å². The fourth-order valence-electron chi connectivity index (χ4n) is 2.49. The third kappa shape index (κ3) is 3.06. The number of aromatic nitrogens is 2. The standard InChI is InChI=1S/C14H16ClN3O3/c1-8-14(10(3)19)9(2)17(16-8)7-11-6-12(15)4-5-13(11)18(20)21/h4-6,10,19H,7H2,1-3H3. The van der Waals surface area contributed by atoms with Crippen LogP contribution in [0.1, 0.15) is 35.5 Å². The highest BCUT2D eigenvalue weighted by molar-refractivity contribution is 6.30. The van der Waals surface area contributed by atoms with Crippen LogP contribution in [0, 0.1) is 24.0 Å². The average molecular weight is 310 g/mol. The Balaban J connectivity index is 2.46. The number of nitro groups is 1. The largest absolute Gasteiger partial charge is 0.389 e. The Morgan fingerprint density at radius 3 is 2.67 bits per heavy atom. The normalized spacial score (nSPS) is 12.4. The van der Waals surface area contributed by atoms with Gasteiger partial charge in [-0.3, -0.25) is 14.8 Å². The Hall–Kier alpha value is -1.92. The van der Waals surface area contributed by atoms with Gasteiger partial charge < -0.3 is 5.11 Å². The molecule has 1 unspecified atom stereocenters. The molecule has 0 fully saturated rings. The Morgan fingerprint density at radius 2 is 2.14 bits per heavy atom. The van der Waals surface area contributed by atoms with Gasteiger partial charge in [0.05, 0.1) is 28.8 Å². The van der Waals surface area contributed by atoms with Crippen LogP contribution in [0.25, 0.3) is 0 Å². The maximum atomic E-state index is 11.1. The molecular weight excluding hydrogens is 294 g/mol. The van der Waals surface area contributed by atoms with Gasteiger partial charge in [-0.2, -0.15) is 5.10 Å². The lowest BCUT2D eigenvalue weighted by Crippen LogP contribution is -2.07. The number of aryl methyl sites for hydroxylation is 1. The van der Waals surface area contributed by atoms with Gasteiger partial charge in [-0.15, -0.1) is 0 Å². The molecule has 1 aromatic heterocycles. The van der Waals surface area contributed by atoms with Crippen molar-refractivity contribution < 1.29 is 10.0 Å². The summed E-state index contributed by atoms with van der Waals surface area (Å²) >= 11 is 5.92. The Labute approximate surface area is 127 Å². The third-order valence-corrected chi connectivity index (χ3v) is 3.65. The second kappa shape index (κ2) is 5.83. The van der Waals surface area contributed by atoms with E-state index in [1.54, 1.807) is 24.6 Å². The molecule has 0 saturated carbocycles. The molecule has 0 saturated heterocycles. The van der Waals surface area contributed by atoms with Crippen molar-refractivity contribution >= 4 is 17.3 Å². The van der Waals surface area contributed by atoms with Crippen LogP contribution < -0.4 is 0 Å². The molecule has 0 amide bonds. The van der Waals surface area contributed by atoms with Gasteiger partial charge in [-0.05, 0) is 32.9 Å². The molecule has 7 heteroatoms.